The summed E-state index contributed by atoms with van der Waals surface area (Å²) in [5.41, 5.74) is 0. The second-order valence-corrected chi connectivity index (χ2v) is 16.4. The molecule has 0 heterocycles. The van der Waals surface area contributed by atoms with Crippen molar-refractivity contribution in [3.05, 3.63) is 24.3 Å². The van der Waals surface area contributed by atoms with Gasteiger partial charge in [0.25, 0.3) is 0 Å². The lowest BCUT2D eigenvalue weighted by Crippen LogP contribution is -2.31. The molecular formula is C49H93NO3. The van der Waals surface area contributed by atoms with Crippen molar-refractivity contribution in [3.8, 4) is 0 Å². The van der Waals surface area contributed by atoms with Crippen molar-refractivity contribution >= 4 is 11.7 Å². The van der Waals surface area contributed by atoms with Crippen LogP contribution in [0.5, 0.6) is 0 Å². The number of carbonyl (C=O) groups is 2. The Bertz CT molecular complexity index is 806. The molecule has 53 heavy (non-hydrogen) atoms. The maximum absolute atomic E-state index is 12.2. The number of allylic oxidation sites excluding steroid dienone is 4. The Morgan fingerprint density at radius 3 is 1.23 bits per heavy atom. The van der Waals surface area contributed by atoms with Crippen LogP contribution in [0.3, 0.4) is 0 Å². The van der Waals surface area contributed by atoms with Crippen LogP contribution in [0, 0.1) is 0 Å². The first-order valence-corrected chi connectivity index (χ1v) is 23.9. The normalized spacial score (nSPS) is 12.4. The van der Waals surface area contributed by atoms with Gasteiger partial charge in [0.15, 0.2) is 0 Å². The van der Waals surface area contributed by atoms with Gasteiger partial charge in [-0.15, -0.1) is 0 Å². The summed E-state index contributed by atoms with van der Waals surface area (Å²) in [6, 6.07) is 0. The predicted molar refractivity (Wildman–Crippen MR) is 234 cm³/mol. The molecule has 0 radical (unpaired) electrons. The van der Waals surface area contributed by atoms with Crippen LogP contribution in [0.2, 0.25) is 0 Å². The van der Waals surface area contributed by atoms with Gasteiger partial charge in [0.1, 0.15) is 5.78 Å². The van der Waals surface area contributed by atoms with Gasteiger partial charge >= 0.3 is 0 Å². The van der Waals surface area contributed by atoms with Crippen molar-refractivity contribution in [1.82, 2.24) is 5.32 Å². The van der Waals surface area contributed by atoms with Gasteiger partial charge < -0.3 is 10.4 Å². The highest BCUT2D eigenvalue weighted by molar-refractivity contribution is 5.78. The summed E-state index contributed by atoms with van der Waals surface area (Å²) < 4.78 is 0. The van der Waals surface area contributed by atoms with Gasteiger partial charge in [-0.2, -0.15) is 0 Å². The molecule has 312 valence electrons. The number of unbranched alkanes of at least 4 members (excludes halogenated alkanes) is 30. The molecule has 4 heteroatoms. The van der Waals surface area contributed by atoms with Crippen LogP contribution >= 0.6 is 0 Å². The average Bonchev–Trinajstić information content (AvgIpc) is 3.16. The zero-order valence-corrected chi connectivity index (χ0v) is 35.9. The molecule has 0 aliphatic rings. The van der Waals surface area contributed by atoms with Crippen LogP contribution in [0.25, 0.3) is 0 Å². The molecule has 0 bridgehead atoms. The fourth-order valence-corrected chi connectivity index (χ4v) is 7.28. The van der Waals surface area contributed by atoms with E-state index >= 15 is 0 Å². The van der Waals surface area contributed by atoms with Gasteiger partial charge in [0, 0.05) is 25.8 Å². The largest absolute Gasteiger partial charge is 0.391 e. The first-order valence-electron chi connectivity index (χ1n) is 23.9. The third-order valence-electron chi connectivity index (χ3n) is 10.9. The summed E-state index contributed by atoms with van der Waals surface area (Å²) in [6.45, 7) is 4.94. The van der Waals surface area contributed by atoms with Crippen LogP contribution in [0.1, 0.15) is 264 Å². The Morgan fingerprint density at radius 2 is 0.774 bits per heavy atom. The molecule has 0 fully saturated rings. The minimum atomic E-state index is -0.411. The summed E-state index contributed by atoms with van der Waals surface area (Å²) in [5.74, 6) is 0.544. The maximum Gasteiger partial charge on any atom is 0.220 e. The third kappa shape index (κ3) is 44.9. The molecule has 0 aromatic rings. The summed E-state index contributed by atoms with van der Waals surface area (Å²) in [7, 11) is 0. The van der Waals surface area contributed by atoms with Crippen molar-refractivity contribution < 1.29 is 14.7 Å². The molecule has 0 unspecified atom stereocenters. The zero-order chi connectivity index (χ0) is 38.6. The van der Waals surface area contributed by atoms with E-state index < -0.39 is 6.10 Å². The highest BCUT2D eigenvalue weighted by atomic mass is 16.3. The summed E-state index contributed by atoms with van der Waals surface area (Å²) in [6.07, 6.45) is 56.1. The van der Waals surface area contributed by atoms with E-state index in [9.17, 15) is 14.7 Å². The van der Waals surface area contributed by atoms with E-state index in [2.05, 4.69) is 43.5 Å². The number of aliphatic hydroxyl groups is 1. The van der Waals surface area contributed by atoms with Crippen molar-refractivity contribution in [2.75, 3.05) is 6.54 Å². The minimum absolute atomic E-state index is 0.0838. The SMILES string of the molecule is CCCCC/C=C\C/C=C\CCCCCCCC(=O)CCCCCCCCCCC(=O)NC[C@H](O)CCCCCCCCCCCCCCCCCC. The molecule has 0 spiro atoms. The molecule has 0 aromatic heterocycles. The van der Waals surface area contributed by atoms with Crippen LogP contribution in [-0.4, -0.2) is 29.4 Å². The quantitative estimate of drug-likeness (QED) is 0.0482. The number of nitrogens with one attached hydrogen (secondary N) is 1. The minimum Gasteiger partial charge on any atom is -0.391 e. The zero-order valence-electron chi connectivity index (χ0n) is 35.9. The van der Waals surface area contributed by atoms with E-state index in [1.165, 1.54) is 180 Å². The van der Waals surface area contributed by atoms with Crippen LogP contribution in [-0.2, 0) is 9.59 Å². The second kappa shape index (κ2) is 45.0. The first kappa shape index (κ1) is 51.6. The Hall–Kier alpha value is -1.42. The highest BCUT2D eigenvalue weighted by Crippen LogP contribution is 2.16. The first-order chi connectivity index (χ1) is 26.1. The van der Waals surface area contributed by atoms with Crippen LogP contribution < -0.4 is 5.32 Å². The average molecular weight is 744 g/mol. The van der Waals surface area contributed by atoms with E-state index in [0.29, 0.717) is 18.7 Å². The molecule has 1 amide bonds. The van der Waals surface area contributed by atoms with Crippen molar-refractivity contribution in [1.29, 1.82) is 0 Å². The van der Waals surface area contributed by atoms with Gasteiger partial charge in [0.2, 0.25) is 5.91 Å². The lowest BCUT2D eigenvalue weighted by atomic mass is 10.0. The topological polar surface area (TPSA) is 66.4 Å². The van der Waals surface area contributed by atoms with Crippen LogP contribution in [0.4, 0.5) is 0 Å². The molecule has 0 aromatic carbocycles. The standard InChI is InChI=1S/C49H93NO3/c1-3-5-7-9-11-13-15-17-19-21-23-25-27-32-36-40-44-48(52)46-50-49(53)45-41-37-33-29-28-31-35-39-43-47(51)42-38-34-30-26-24-22-20-18-16-14-12-10-8-6-4-2/h12,14,18,20,48,52H,3-11,13,15-17,19,21-46H2,1-2H3,(H,50,53)/b14-12-,20-18-/t48-/m1/s1. The van der Waals surface area contributed by atoms with Crippen molar-refractivity contribution in [2.45, 2.75) is 270 Å². The van der Waals surface area contributed by atoms with Crippen LogP contribution in [0.15, 0.2) is 24.3 Å². The number of Topliss-reactive ketones (excluding diaryl/α,β-unsaturated/α-hetero) is 1. The summed E-state index contributed by atoms with van der Waals surface area (Å²) in [5, 5.41) is 13.2. The fraction of sp³-hybridized carbons (Fsp3) is 0.878. The third-order valence-corrected chi connectivity index (χ3v) is 10.9. The Labute approximate surface area is 332 Å². The van der Waals surface area contributed by atoms with Gasteiger partial charge in [0.05, 0.1) is 6.10 Å². The van der Waals surface area contributed by atoms with Gasteiger partial charge in [-0.3, -0.25) is 9.59 Å². The van der Waals surface area contributed by atoms with E-state index in [4.69, 9.17) is 0 Å². The number of aliphatic hydroxyl groups excluding tert-OH is 1. The van der Waals surface area contributed by atoms with E-state index in [-0.39, 0.29) is 5.91 Å². The fourth-order valence-electron chi connectivity index (χ4n) is 7.28. The highest BCUT2D eigenvalue weighted by Gasteiger charge is 2.07. The maximum atomic E-state index is 12.2. The molecule has 4 nitrogen and oxygen atoms in total. The Balaban J connectivity index is 3.35. The van der Waals surface area contributed by atoms with Gasteiger partial charge in [-0.25, -0.2) is 0 Å². The number of amides is 1. The molecule has 0 saturated carbocycles. The van der Waals surface area contributed by atoms with Gasteiger partial charge in [-0.1, -0.05) is 212 Å². The van der Waals surface area contributed by atoms with Crippen molar-refractivity contribution in [3.63, 3.8) is 0 Å². The molecule has 2 N–H and O–H groups in total. The number of hydrogen-bond donors (Lipinski definition) is 2. The lowest BCUT2D eigenvalue weighted by Gasteiger charge is -2.12. The Kier molecular flexibility index (Phi) is 43.8. The lowest BCUT2D eigenvalue weighted by molar-refractivity contribution is -0.121. The molecule has 0 saturated heterocycles. The monoisotopic (exact) mass is 744 g/mol. The second-order valence-electron chi connectivity index (χ2n) is 16.4. The summed E-state index contributed by atoms with van der Waals surface area (Å²) >= 11 is 0. The number of ketones is 1. The van der Waals surface area contributed by atoms with Gasteiger partial charge in [-0.05, 0) is 57.8 Å². The number of rotatable bonds is 44. The predicted octanol–water partition coefficient (Wildman–Crippen LogP) is 15.4. The summed E-state index contributed by atoms with van der Waals surface area (Å²) in [4.78, 5) is 24.4. The van der Waals surface area contributed by atoms with E-state index in [1.54, 1.807) is 0 Å². The number of hydrogen-bond acceptors (Lipinski definition) is 3. The smallest absolute Gasteiger partial charge is 0.220 e. The molecule has 0 rings (SSSR count). The molecular weight excluding hydrogens is 651 g/mol. The molecule has 1 atom stereocenters. The van der Waals surface area contributed by atoms with E-state index in [0.717, 1.165) is 64.2 Å². The number of carbonyl (C=O) groups excluding carboxylic acids is 2. The van der Waals surface area contributed by atoms with Crippen molar-refractivity contribution in [2.24, 2.45) is 0 Å². The molecule has 0 aliphatic heterocycles. The Morgan fingerprint density at radius 1 is 0.434 bits per heavy atom. The van der Waals surface area contributed by atoms with E-state index in [1.807, 2.05) is 0 Å². The molecule has 0 aliphatic carbocycles.